The van der Waals surface area contributed by atoms with Gasteiger partial charge in [-0.05, 0) is 36.1 Å². The zero-order valence-electron chi connectivity index (χ0n) is 10.6. The Hall–Kier alpha value is -1.26. The maximum Gasteiger partial charge on any atom is 0.326 e. The molecule has 100 valence electrons. The number of halogens is 1. The lowest BCUT2D eigenvalue weighted by Gasteiger charge is -2.32. The van der Waals surface area contributed by atoms with Crippen molar-refractivity contribution in [1.82, 2.24) is 0 Å². The van der Waals surface area contributed by atoms with Gasteiger partial charge in [0.25, 0.3) is 0 Å². The van der Waals surface area contributed by atoms with Gasteiger partial charge in [-0.3, -0.25) is 4.79 Å². The van der Waals surface area contributed by atoms with Gasteiger partial charge in [0, 0.05) is 6.42 Å². The van der Waals surface area contributed by atoms with E-state index in [2.05, 4.69) is 0 Å². The van der Waals surface area contributed by atoms with Gasteiger partial charge in [0.1, 0.15) is 11.3 Å². The van der Waals surface area contributed by atoms with Crippen molar-refractivity contribution in [2.75, 3.05) is 14.2 Å². The number of esters is 1. The van der Waals surface area contributed by atoms with E-state index in [-0.39, 0.29) is 18.4 Å². The Morgan fingerprint density at radius 1 is 1.33 bits per heavy atom. The highest BCUT2D eigenvalue weighted by atomic mass is 35.5. The van der Waals surface area contributed by atoms with Crippen LogP contribution in [0.5, 0.6) is 5.75 Å². The minimum Gasteiger partial charge on any atom is -0.497 e. The molecule has 2 rings (SSSR count). The average Bonchev–Trinajstić information content (AvgIpc) is 2.36. The number of methoxy groups -OCH3 is 2. The highest BCUT2D eigenvalue weighted by Gasteiger charge is 2.38. The molecule has 0 heterocycles. The second kappa shape index (κ2) is 5.59. The van der Waals surface area contributed by atoms with Gasteiger partial charge in [-0.1, -0.05) is 6.07 Å². The molecule has 0 fully saturated rings. The molecule has 0 saturated heterocycles. The Balaban J connectivity index is 0.00000162. The van der Waals surface area contributed by atoms with E-state index in [0.717, 1.165) is 17.7 Å². The van der Waals surface area contributed by atoms with Gasteiger partial charge in [-0.25, -0.2) is 0 Å². The van der Waals surface area contributed by atoms with Crippen LogP contribution in [0, 0.1) is 0 Å². The molecule has 0 aliphatic heterocycles. The van der Waals surface area contributed by atoms with E-state index >= 15 is 0 Å². The number of fused-ring (bicyclic) bond motifs is 1. The molecule has 0 bridgehead atoms. The number of aryl methyl sites for hydroxylation is 1. The Labute approximate surface area is 113 Å². The van der Waals surface area contributed by atoms with Crippen molar-refractivity contribution in [1.29, 1.82) is 0 Å². The molecule has 1 atom stereocenters. The first-order valence-electron chi connectivity index (χ1n) is 5.62. The number of carbonyl (C=O) groups excluding carboxylic acids is 1. The Bertz CT molecular complexity index is 450. The molecule has 2 N–H and O–H groups in total. The Kier molecular flexibility index (Phi) is 4.59. The summed E-state index contributed by atoms with van der Waals surface area (Å²) in [7, 11) is 3.00. The number of hydrogen-bond donors (Lipinski definition) is 1. The first-order valence-corrected chi connectivity index (χ1v) is 5.62. The highest BCUT2D eigenvalue weighted by Crippen LogP contribution is 2.30. The van der Waals surface area contributed by atoms with Crippen LogP contribution in [0.2, 0.25) is 0 Å². The monoisotopic (exact) mass is 271 g/mol. The number of nitrogens with two attached hydrogens (primary N) is 1. The summed E-state index contributed by atoms with van der Waals surface area (Å²) in [5.41, 5.74) is 7.51. The Morgan fingerprint density at radius 3 is 2.67 bits per heavy atom. The molecule has 1 unspecified atom stereocenters. The SMILES string of the molecule is COC(=O)C1(N)CCc2ccc(OC)cc2C1.Cl. The van der Waals surface area contributed by atoms with Crippen LogP contribution < -0.4 is 10.5 Å². The van der Waals surface area contributed by atoms with Crippen LogP contribution in [0.4, 0.5) is 0 Å². The van der Waals surface area contributed by atoms with Gasteiger partial charge in [0.05, 0.1) is 14.2 Å². The van der Waals surface area contributed by atoms with Crippen molar-refractivity contribution in [2.45, 2.75) is 24.8 Å². The van der Waals surface area contributed by atoms with Crippen molar-refractivity contribution >= 4 is 18.4 Å². The van der Waals surface area contributed by atoms with Crippen LogP contribution >= 0.6 is 12.4 Å². The van der Waals surface area contributed by atoms with Crippen LogP contribution in [-0.4, -0.2) is 25.7 Å². The smallest absolute Gasteiger partial charge is 0.326 e. The fraction of sp³-hybridized carbons (Fsp3) is 0.462. The number of benzene rings is 1. The van der Waals surface area contributed by atoms with Gasteiger partial charge in [0.2, 0.25) is 0 Å². The second-order valence-corrected chi connectivity index (χ2v) is 4.46. The van der Waals surface area contributed by atoms with Crippen LogP contribution in [0.3, 0.4) is 0 Å². The maximum absolute atomic E-state index is 11.7. The normalized spacial score (nSPS) is 21.5. The fourth-order valence-electron chi connectivity index (χ4n) is 2.30. The summed E-state index contributed by atoms with van der Waals surface area (Å²) in [6.45, 7) is 0. The molecule has 1 aliphatic rings. The van der Waals surface area contributed by atoms with E-state index in [4.69, 9.17) is 15.2 Å². The molecule has 1 aromatic rings. The summed E-state index contributed by atoms with van der Waals surface area (Å²) in [5, 5.41) is 0. The number of rotatable bonds is 2. The van der Waals surface area contributed by atoms with Crippen LogP contribution in [0.25, 0.3) is 0 Å². The lowest BCUT2D eigenvalue weighted by molar-refractivity contribution is -0.147. The summed E-state index contributed by atoms with van der Waals surface area (Å²) in [6.07, 6.45) is 1.93. The summed E-state index contributed by atoms with van der Waals surface area (Å²) in [4.78, 5) is 11.7. The van der Waals surface area contributed by atoms with E-state index < -0.39 is 5.54 Å². The standard InChI is InChI=1S/C13H17NO3.ClH/c1-16-11-4-3-9-5-6-13(14,12(15)17-2)8-10(9)7-11;/h3-4,7H,5-6,8,14H2,1-2H3;1H. The average molecular weight is 272 g/mol. The third kappa shape index (κ3) is 2.60. The van der Waals surface area contributed by atoms with Crippen LogP contribution in [0.15, 0.2) is 18.2 Å². The molecule has 0 saturated carbocycles. The Morgan fingerprint density at radius 2 is 2.06 bits per heavy atom. The molecule has 1 aliphatic carbocycles. The van der Waals surface area contributed by atoms with Crippen molar-refractivity contribution < 1.29 is 14.3 Å². The van der Waals surface area contributed by atoms with Crippen LogP contribution in [-0.2, 0) is 22.4 Å². The van der Waals surface area contributed by atoms with E-state index in [1.807, 2.05) is 18.2 Å². The first kappa shape index (κ1) is 14.8. The van der Waals surface area contributed by atoms with Gasteiger partial charge in [0.15, 0.2) is 0 Å². The van der Waals surface area contributed by atoms with Crippen molar-refractivity contribution in [3.63, 3.8) is 0 Å². The van der Waals surface area contributed by atoms with Gasteiger partial charge < -0.3 is 15.2 Å². The molecule has 0 aromatic heterocycles. The minimum absolute atomic E-state index is 0. The predicted molar refractivity (Wildman–Crippen MR) is 71.2 cm³/mol. The molecule has 0 spiro atoms. The molecular weight excluding hydrogens is 254 g/mol. The number of ether oxygens (including phenoxy) is 2. The van der Waals surface area contributed by atoms with Gasteiger partial charge in [-0.2, -0.15) is 0 Å². The van der Waals surface area contributed by atoms with Gasteiger partial charge >= 0.3 is 5.97 Å². The van der Waals surface area contributed by atoms with E-state index in [9.17, 15) is 4.79 Å². The van der Waals surface area contributed by atoms with Crippen molar-refractivity contribution in [2.24, 2.45) is 5.73 Å². The summed E-state index contributed by atoms with van der Waals surface area (Å²) < 4.78 is 9.95. The van der Waals surface area contributed by atoms with Crippen molar-refractivity contribution in [3.05, 3.63) is 29.3 Å². The molecule has 1 aromatic carbocycles. The largest absolute Gasteiger partial charge is 0.497 e. The molecular formula is C13H18ClNO3. The maximum atomic E-state index is 11.7. The number of carbonyl (C=O) groups is 1. The zero-order valence-corrected chi connectivity index (χ0v) is 11.4. The molecule has 4 nitrogen and oxygen atoms in total. The quantitative estimate of drug-likeness (QED) is 0.828. The lowest BCUT2D eigenvalue weighted by Crippen LogP contribution is -2.52. The van der Waals surface area contributed by atoms with Gasteiger partial charge in [-0.15, -0.1) is 12.4 Å². The van der Waals surface area contributed by atoms with Crippen molar-refractivity contribution in [3.8, 4) is 5.75 Å². The minimum atomic E-state index is -0.895. The second-order valence-electron chi connectivity index (χ2n) is 4.46. The third-order valence-corrected chi connectivity index (χ3v) is 3.35. The fourth-order valence-corrected chi connectivity index (χ4v) is 2.30. The lowest BCUT2D eigenvalue weighted by atomic mass is 9.78. The molecule has 0 radical (unpaired) electrons. The van der Waals surface area contributed by atoms with E-state index in [0.29, 0.717) is 12.8 Å². The van der Waals surface area contributed by atoms with E-state index in [1.54, 1.807) is 7.11 Å². The molecule has 18 heavy (non-hydrogen) atoms. The van der Waals surface area contributed by atoms with E-state index in [1.165, 1.54) is 12.7 Å². The zero-order chi connectivity index (χ0) is 12.5. The first-order chi connectivity index (χ1) is 8.09. The third-order valence-electron chi connectivity index (χ3n) is 3.35. The number of hydrogen-bond acceptors (Lipinski definition) is 4. The molecule has 5 heteroatoms. The molecule has 0 amide bonds. The summed E-state index contributed by atoms with van der Waals surface area (Å²) in [6, 6.07) is 5.91. The predicted octanol–water partition coefficient (Wildman–Crippen LogP) is 1.48. The topological polar surface area (TPSA) is 61.5 Å². The van der Waals surface area contributed by atoms with Crippen LogP contribution in [0.1, 0.15) is 17.5 Å². The summed E-state index contributed by atoms with van der Waals surface area (Å²) >= 11 is 0. The summed E-state index contributed by atoms with van der Waals surface area (Å²) in [5.74, 6) is 0.448. The highest BCUT2D eigenvalue weighted by molar-refractivity contribution is 5.85.